The highest BCUT2D eigenvalue weighted by molar-refractivity contribution is 5.92. The molecule has 12 heteroatoms. The summed E-state index contributed by atoms with van der Waals surface area (Å²) in [6.07, 6.45) is 6.08. The van der Waals surface area contributed by atoms with Crippen LogP contribution in [0, 0.1) is 20.8 Å². The molecule has 12 nitrogen and oxygen atoms in total. The van der Waals surface area contributed by atoms with Crippen LogP contribution in [-0.4, -0.2) is 83.4 Å². The second kappa shape index (κ2) is 13.3. The average molecular weight is 563 g/mol. The molecule has 2 aromatic heterocycles. The molecule has 6 rings (SSSR count). The third-order valence-corrected chi connectivity index (χ3v) is 8.04. The molecule has 0 unspecified atom stereocenters. The molecule has 2 amide bonds. The lowest BCUT2D eigenvalue weighted by Crippen LogP contribution is -2.45. The minimum absolute atomic E-state index is 0.00490. The first-order chi connectivity index (χ1) is 19.8. The van der Waals surface area contributed by atoms with Crippen LogP contribution < -0.4 is 10.6 Å². The molecular weight excluding hydrogens is 520 g/mol. The normalized spacial score (nSPS) is 17.6. The van der Waals surface area contributed by atoms with Crippen LogP contribution >= 0.6 is 0 Å². The Bertz CT molecular complexity index is 1340. The number of aromatic nitrogens is 6. The zero-order chi connectivity index (χ0) is 28.8. The van der Waals surface area contributed by atoms with E-state index in [2.05, 4.69) is 50.0 Å². The van der Waals surface area contributed by atoms with Gasteiger partial charge in [0.05, 0.1) is 26.2 Å². The van der Waals surface area contributed by atoms with E-state index >= 15 is 0 Å². The Kier molecular flexibility index (Phi) is 9.40. The number of fused-ring (bicyclic) bond motifs is 2. The van der Waals surface area contributed by atoms with Crippen molar-refractivity contribution in [2.24, 2.45) is 0 Å². The minimum Gasteiger partial charge on any atom is -0.352 e. The third kappa shape index (κ3) is 7.76. The fourth-order valence-corrected chi connectivity index (χ4v) is 5.83. The fourth-order valence-electron chi connectivity index (χ4n) is 5.83. The number of hydrogen-bond acceptors (Lipinski definition) is 8. The summed E-state index contributed by atoms with van der Waals surface area (Å²) in [6, 6.07) is 8.22. The SMILES string of the molecule is Cc1cccc(NC(=O)CN2CCn3c(C)nnc3C2)c1.Cc1nnc2n1CCN(CC(=O)NC1CCCCC1)C2. The van der Waals surface area contributed by atoms with Gasteiger partial charge in [-0.25, -0.2) is 0 Å². The van der Waals surface area contributed by atoms with Gasteiger partial charge in [-0.1, -0.05) is 31.4 Å². The van der Waals surface area contributed by atoms with Crippen LogP contribution in [0.2, 0.25) is 0 Å². The Balaban J connectivity index is 0.000000165. The van der Waals surface area contributed by atoms with Crippen molar-refractivity contribution in [1.29, 1.82) is 0 Å². The molecule has 3 aliphatic rings. The fraction of sp³-hybridized carbons (Fsp3) is 0.586. The summed E-state index contributed by atoms with van der Waals surface area (Å²) < 4.78 is 4.24. The molecular formula is C29H42N10O2. The molecule has 1 saturated carbocycles. The monoisotopic (exact) mass is 562 g/mol. The molecule has 0 atom stereocenters. The van der Waals surface area contributed by atoms with E-state index in [0.717, 1.165) is 80.1 Å². The Labute approximate surface area is 241 Å². The van der Waals surface area contributed by atoms with Gasteiger partial charge in [0, 0.05) is 37.9 Å². The minimum atomic E-state index is 0.00490. The molecule has 220 valence electrons. The second-order valence-corrected chi connectivity index (χ2v) is 11.4. The molecule has 3 aromatic rings. The summed E-state index contributed by atoms with van der Waals surface area (Å²) in [4.78, 5) is 28.5. The number of carbonyl (C=O) groups excluding carboxylic acids is 2. The Morgan fingerprint density at radius 3 is 1.95 bits per heavy atom. The number of carbonyl (C=O) groups is 2. The van der Waals surface area contributed by atoms with Crippen LogP contribution in [0.5, 0.6) is 0 Å². The number of hydrogen-bond donors (Lipinski definition) is 2. The molecule has 0 radical (unpaired) electrons. The standard InChI is InChI=1S/C15H19N5O.C14H23N5O/c1-11-4-3-5-13(8-11)16-15(21)10-19-6-7-20-12(2)17-18-14(20)9-19;1-11-16-17-13-9-18(7-8-19(11)13)10-14(20)15-12-5-3-2-4-6-12/h3-5,8H,6-7,9-10H2,1-2H3,(H,16,21);12H,2-10H2,1H3,(H,15,20). The predicted octanol–water partition coefficient (Wildman–Crippen LogP) is 2.20. The number of nitrogens with one attached hydrogen (secondary N) is 2. The van der Waals surface area contributed by atoms with Gasteiger partial charge in [-0.05, 0) is 51.3 Å². The largest absolute Gasteiger partial charge is 0.352 e. The van der Waals surface area contributed by atoms with Gasteiger partial charge in [0.15, 0.2) is 0 Å². The number of benzene rings is 1. The van der Waals surface area contributed by atoms with Gasteiger partial charge in [0.1, 0.15) is 23.3 Å². The summed E-state index contributed by atoms with van der Waals surface area (Å²) >= 11 is 0. The lowest BCUT2D eigenvalue weighted by Gasteiger charge is -2.28. The topological polar surface area (TPSA) is 126 Å². The van der Waals surface area contributed by atoms with Gasteiger partial charge in [0.25, 0.3) is 0 Å². The molecule has 41 heavy (non-hydrogen) atoms. The summed E-state index contributed by atoms with van der Waals surface area (Å²) in [5, 5.41) is 22.6. The van der Waals surface area contributed by atoms with Crippen molar-refractivity contribution in [2.75, 3.05) is 31.5 Å². The van der Waals surface area contributed by atoms with E-state index in [-0.39, 0.29) is 11.8 Å². The Morgan fingerprint density at radius 1 is 0.780 bits per heavy atom. The Morgan fingerprint density at radius 2 is 1.37 bits per heavy atom. The van der Waals surface area contributed by atoms with Crippen LogP contribution in [0.15, 0.2) is 24.3 Å². The lowest BCUT2D eigenvalue weighted by atomic mass is 9.95. The van der Waals surface area contributed by atoms with Crippen molar-refractivity contribution in [2.45, 2.75) is 85.1 Å². The number of nitrogens with zero attached hydrogens (tertiary/aromatic N) is 8. The van der Waals surface area contributed by atoms with Gasteiger partial charge >= 0.3 is 0 Å². The van der Waals surface area contributed by atoms with Crippen LogP contribution in [0.1, 0.15) is 61.0 Å². The molecule has 1 fully saturated rings. The smallest absolute Gasteiger partial charge is 0.238 e. The molecule has 1 aliphatic carbocycles. The zero-order valence-electron chi connectivity index (χ0n) is 24.5. The van der Waals surface area contributed by atoms with Crippen LogP contribution in [0.25, 0.3) is 0 Å². The van der Waals surface area contributed by atoms with Crippen molar-refractivity contribution in [3.8, 4) is 0 Å². The average Bonchev–Trinajstić information content (AvgIpc) is 3.51. The molecule has 0 bridgehead atoms. The highest BCUT2D eigenvalue weighted by Crippen LogP contribution is 2.18. The van der Waals surface area contributed by atoms with Crippen molar-refractivity contribution in [3.05, 3.63) is 53.1 Å². The van der Waals surface area contributed by atoms with E-state index in [1.165, 1.54) is 19.3 Å². The number of aryl methyl sites for hydroxylation is 3. The van der Waals surface area contributed by atoms with Crippen molar-refractivity contribution in [3.63, 3.8) is 0 Å². The first kappa shape index (κ1) is 28.9. The highest BCUT2D eigenvalue weighted by atomic mass is 16.2. The molecule has 0 spiro atoms. The summed E-state index contributed by atoms with van der Waals surface area (Å²) in [5.41, 5.74) is 1.98. The third-order valence-electron chi connectivity index (χ3n) is 8.04. The van der Waals surface area contributed by atoms with Gasteiger partial charge < -0.3 is 19.8 Å². The molecule has 2 N–H and O–H groups in total. The van der Waals surface area contributed by atoms with E-state index < -0.39 is 0 Å². The summed E-state index contributed by atoms with van der Waals surface area (Å²) in [7, 11) is 0. The van der Waals surface area contributed by atoms with E-state index in [9.17, 15) is 9.59 Å². The van der Waals surface area contributed by atoms with Crippen molar-refractivity contribution >= 4 is 17.5 Å². The van der Waals surface area contributed by atoms with Crippen molar-refractivity contribution < 1.29 is 9.59 Å². The summed E-state index contributed by atoms with van der Waals surface area (Å²) in [6.45, 7) is 11.6. The maximum atomic E-state index is 12.1. The van der Waals surface area contributed by atoms with E-state index in [4.69, 9.17) is 0 Å². The zero-order valence-corrected chi connectivity index (χ0v) is 24.5. The maximum absolute atomic E-state index is 12.1. The number of anilines is 1. The number of rotatable bonds is 6. The molecule has 0 saturated heterocycles. The van der Waals surface area contributed by atoms with Gasteiger partial charge in [-0.15, -0.1) is 20.4 Å². The van der Waals surface area contributed by atoms with E-state index in [0.29, 0.717) is 25.7 Å². The quantitative estimate of drug-likeness (QED) is 0.468. The summed E-state index contributed by atoms with van der Waals surface area (Å²) in [5.74, 6) is 3.97. The maximum Gasteiger partial charge on any atom is 0.238 e. The van der Waals surface area contributed by atoms with Crippen LogP contribution in [0.4, 0.5) is 5.69 Å². The Hall–Kier alpha value is -3.64. The predicted molar refractivity (Wildman–Crippen MR) is 155 cm³/mol. The first-order valence-electron chi connectivity index (χ1n) is 14.7. The van der Waals surface area contributed by atoms with E-state index in [1.54, 1.807) is 0 Å². The molecule has 1 aromatic carbocycles. The van der Waals surface area contributed by atoms with Crippen LogP contribution in [-0.2, 0) is 35.8 Å². The van der Waals surface area contributed by atoms with E-state index in [1.807, 2.05) is 45.0 Å². The number of amides is 2. The molecule has 4 heterocycles. The highest BCUT2D eigenvalue weighted by Gasteiger charge is 2.23. The second-order valence-electron chi connectivity index (χ2n) is 11.4. The lowest BCUT2D eigenvalue weighted by molar-refractivity contribution is -0.123. The van der Waals surface area contributed by atoms with Gasteiger partial charge in [0.2, 0.25) is 11.8 Å². The van der Waals surface area contributed by atoms with Crippen LogP contribution in [0.3, 0.4) is 0 Å². The van der Waals surface area contributed by atoms with Gasteiger partial charge in [-0.3, -0.25) is 19.4 Å². The van der Waals surface area contributed by atoms with Crippen molar-refractivity contribution in [1.82, 2.24) is 44.6 Å². The van der Waals surface area contributed by atoms with Gasteiger partial charge in [-0.2, -0.15) is 0 Å². The molecule has 2 aliphatic heterocycles. The first-order valence-corrected chi connectivity index (χ1v) is 14.7.